The van der Waals surface area contributed by atoms with Crippen LogP contribution in [0.3, 0.4) is 0 Å². The first kappa shape index (κ1) is 40.9. The number of ether oxygens (including phenoxy) is 5. The molecule has 0 heterocycles. The second kappa shape index (κ2) is 14.9. The number of benzene rings is 4. The summed E-state index contributed by atoms with van der Waals surface area (Å²) in [6.07, 6.45) is 0. The van der Waals surface area contributed by atoms with Crippen LogP contribution in [-0.4, -0.2) is 37.9 Å². The molecular formula is C42H56O8S2. The second-order valence-electron chi connectivity index (χ2n) is 16.6. The average molecular weight is 753 g/mol. The second-order valence-corrected chi connectivity index (χ2v) is 21.1. The lowest BCUT2D eigenvalue weighted by atomic mass is 10.1. The predicted octanol–water partition coefficient (Wildman–Crippen LogP) is 11.3. The molecule has 0 bridgehead atoms. The van der Waals surface area contributed by atoms with E-state index in [-0.39, 0.29) is 4.90 Å². The van der Waals surface area contributed by atoms with E-state index in [2.05, 4.69) is 0 Å². The van der Waals surface area contributed by atoms with Gasteiger partial charge >= 0.3 is 10.1 Å². The fourth-order valence-corrected chi connectivity index (χ4v) is 10.4. The number of methoxy groups -OCH3 is 1. The zero-order valence-electron chi connectivity index (χ0n) is 33.2. The largest absolute Gasteiger partial charge is 0.497 e. The van der Waals surface area contributed by atoms with Crippen molar-refractivity contribution in [3.8, 4) is 28.7 Å². The highest BCUT2D eigenvalue weighted by Crippen LogP contribution is 2.72. The van der Waals surface area contributed by atoms with Crippen LogP contribution in [-0.2, 0) is 13.7 Å². The first-order valence-corrected chi connectivity index (χ1v) is 20.3. The molecule has 0 N–H and O–H groups in total. The van der Waals surface area contributed by atoms with Gasteiger partial charge in [0.2, 0.25) is 0 Å². The molecule has 0 fully saturated rings. The van der Waals surface area contributed by atoms with E-state index >= 15 is 0 Å². The number of hydrogen-bond acceptors (Lipinski definition) is 8. The Bertz CT molecular complexity index is 1860. The van der Waals surface area contributed by atoms with Gasteiger partial charge in [-0.25, -0.2) is 3.63 Å². The normalized spacial score (nSPS) is 13.3. The summed E-state index contributed by atoms with van der Waals surface area (Å²) in [6.45, 7) is 25.4. The summed E-state index contributed by atoms with van der Waals surface area (Å²) < 4.78 is 67.3. The number of rotatable bonds is 11. The average Bonchev–Trinajstić information content (AvgIpc) is 2.99. The van der Waals surface area contributed by atoms with Gasteiger partial charge in [0, 0.05) is 14.7 Å². The Morgan fingerprint density at radius 1 is 0.442 bits per heavy atom. The molecule has 0 aliphatic carbocycles. The number of hydrogen-bond donors (Lipinski definition) is 0. The van der Waals surface area contributed by atoms with Gasteiger partial charge in [-0.15, -0.1) is 0 Å². The van der Waals surface area contributed by atoms with E-state index in [0.29, 0.717) is 43.4 Å². The Kier molecular flexibility index (Phi) is 11.7. The molecule has 4 aromatic carbocycles. The molecule has 0 unspecified atom stereocenters. The fourth-order valence-electron chi connectivity index (χ4n) is 5.15. The molecule has 0 aliphatic rings. The zero-order valence-corrected chi connectivity index (χ0v) is 34.8. The van der Waals surface area contributed by atoms with E-state index in [9.17, 15) is 8.42 Å². The van der Waals surface area contributed by atoms with E-state index < -0.39 is 42.8 Å². The van der Waals surface area contributed by atoms with Crippen LogP contribution in [0.15, 0.2) is 105 Å². The van der Waals surface area contributed by atoms with Gasteiger partial charge in [0.25, 0.3) is 0 Å². The summed E-state index contributed by atoms with van der Waals surface area (Å²) in [5.74, 6) is 2.53. The van der Waals surface area contributed by atoms with Crippen molar-refractivity contribution in [1.29, 1.82) is 0 Å². The van der Waals surface area contributed by atoms with Crippen LogP contribution in [0.5, 0.6) is 28.7 Å². The van der Waals surface area contributed by atoms with Crippen LogP contribution in [0.4, 0.5) is 0 Å². The molecular weight excluding hydrogens is 697 g/mol. The smallest absolute Gasteiger partial charge is 0.307 e. The molecule has 8 nitrogen and oxygen atoms in total. The Hall–Kier alpha value is -3.86. The minimum atomic E-state index is -4.41. The third kappa shape index (κ3) is 10.6. The van der Waals surface area contributed by atoms with Crippen molar-refractivity contribution in [1.82, 2.24) is 0 Å². The summed E-state index contributed by atoms with van der Waals surface area (Å²) in [7, 11) is -5.99. The van der Waals surface area contributed by atoms with Crippen molar-refractivity contribution in [3.05, 3.63) is 90.5 Å². The highest BCUT2D eigenvalue weighted by atomic mass is 32.3. The van der Waals surface area contributed by atoms with Gasteiger partial charge in [-0.1, -0.05) is 17.7 Å². The first-order chi connectivity index (χ1) is 23.8. The maximum absolute atomic E-state index is 14.6. The van der Waals surface area contributed by atoms with Crippen LogP contribution < -0.4 is 23.7 Å². The van der Waals surface area contributed by atoms with Gasteiger partial charge in [0.05, 0.1) is 12.0 Å². The van der Waals surface area contributed by atoms with Crippen LogP contribution in [0.25, 0.3) is 0 Å². The fraction of sp³-hybridized carbons (Fsp3) is 0.429. The van der Waals surface area contributed by atoms with E-state index in [1.165, 1.54) is 0 Å². The summed E-state index contributed by atoms with van der Waals surface area (Å²) in [6, 6.07) is 24.9. The van der Waals surface area contributed by atoms with Gasteiger partial charge in [-0.3, -0.25) is 0 Å². The van der Waals surface area contributed by atoms with Gasteiger partial charge in [0.15, 0.2) is 23.0 Å². The van der Waals surface area contributed by atoms with Gasteiger partial charge in [-0.2, -0.15) is 8.42 Å². The van der Waals surface area contributed by atoms with Crippen molar-refractivity contribution in [2.75, 3.05) is 7.11 Å². The molecule has 284 valence electrons. The molecule has 0 spiro atoms. The third-order valence-electron chi connectivity index (χ3n) is 7.05. The van der Waals surface area contributed by atoms with Crippen LogP contribution in [0, 0.1) is 6.92 Å². The molecule has 0 atom stereocenters. The summed E-state index contributed by atoms with van der Waals surface area (Å²) in [5.41, 5.74) is -1.37. The maximum atomic E-state index is 14.6. The molecule has 0 radical (unpaired) electrons. The predicted molar refractivity (Wildman–Crippen MR) is 209 cm³/mol. The zero-order chi connectivity index (χ0) is 38.9. The van der Waals surface area contributed by atoms with Crippen LogP contribution in [0.1, 0.15) is 88.6 Å². The van der Waals surface area contributed by atoms with Crippen LogP contribution in [0.2, 0.25) is 0 Å². The first-order valence-electron chi connectivity index (χ1n) is 17.3. The molecule has 0 aliphatic heterocycles. The van der Waals surface area contributed by atoms with Crippen LogP contribution >= 0.6 is 10.3 Å². The Morgan fingerprint density at radius 3 is 1.15 bits per heavy atom. The SMILES string of the molecule is COc1ccc(S(OS(=O)(=O)c2ccc(C)cc2)(c2ccc(OC(C)(C)C)c(OC(C)(C)C)c2)c2ccc(OC(C)(C)C)c(OC(C)(C)C)c2)cc1. The molecule has 4 rings (SSSR count). The van der Waals surface area contributed by atoms with Crippen molar-refractivity contribution in [2.24, 2.45) is 0 Å². The Morgan fingerprint density at radius 2 is 0.788 bits per heavy atom. The Labute approximate surface area is 313 Å². The highest BCUT2D eigenvalue weighted by molar-refractivity contribution is 8.33. The minimum Gasteiger partial charge on any atom is -0.497 e. The molecule has 0 aromatic heterocycles. The van der Waals surface area contributed by atoms with Gasteiger partial charge in [0.1, 0.15) is 28.2 Å². The molecule has 10 heteroatoms. The molecule has 0 amide bonds. The maximum Gasteiger partial charge on any atom is 0.307 e. The lowest BCUT2D eigenvalue weighted by Gasteiger charge is -2.40. The monoisotopic (exact) mass is 752 g/mol. The minimum absolute atomic E-state index is 0.0289. The van der Waals surface area contributed by atoms with E-state index in [4.69, 9.17) is 27.3 Å². The van der Waals surface area contributed by atoms with Crippen molar-refractivity contribution >= 4 is 20.4 Å². The molecule has 0 saturated heterocycles. The standard InChI is InChI=1S/C42H56O8S2/c1-29-15-19-32(20-16-29)52(43,44)50-51(31-21-17-30(45-14)18-22-31,33-23-25-35(46-39(2,3)4)37(27-33)48-41(8,9)10)34-24-26-36(47-40(5,6)7)38(28-34)49-42(11,12)13/h15-28H,1-14H3. The van der Waals surface area contributed by atoms with E-state index in [1.807, 2.05) is 139 Å². The topological polar surface area (TPSA) is 89.5 Å². The molecule has 0 saturated carbocycles. The van der Waals surface area contributed by atoms with E-state index in [0.717, 1.165) is 5.56 Å². The summed E-state index contributed by atoms with van der Waals surface area (Å²) in [5, 5.41) is 0. The third-order valence-corrected chi connectivity index (χ3v) is 12.2. The van der Waals surface area contributed by atoms with Gasteiger partial charge < -0.3 is 23.7 Å². The van der Waals surface area contributed by atoms with Gasteiger partial charge in [-0.05, 0) is 173 Å². The quantitative estimate of drug-likeness (QED) is 0.150. The van der Waals surface area contributed by atoms with Crippen molar-refractivity contribution in [2.45, 2.75) is 132 Å². The summed E-state index contributed by atoms with van der Waals surface area (Å²) >= 11 is 0. The number of aryl methyl sites for hydroxylation is 1. The molecule has 52 heavy (non-hydrogen) atoms. The van der Waals surface area contributed by atoms with Crippen molar-refractivity contribution in [3.63, 3.8) is 0 Å². The molecule has 4 aromatic rings. The lowest BCUT2D eigenvalue weighted by molar-refractivity contribution is 0.0953. The lowest BCUT2D eigenvalue weighted by Crippen LogP contribution is -2.27. The van der Waals surface area contributed by atoms with Crippen molar-refractivity contribution < 1.29 is 35.7 Å². The van der Waals surface area contributed by atoms with E-state index in [1.54, 1.807) is 43.5 Å². The Balaban J connectivity index is 2.18. The summed E-state index contributed by atoms with van der Waals surface area (Å²) in [4.78, 5) is 1.74. The highest BCUT2D eigenvalue weighted by Gasteiger charge is 2.40.